The first-order valence-electron chi connectivity index (χ1n) is 8.36. The van der Waals surface area contributed by atoms with Crippen molar-refractivity contribution in [3.63, 3.8) is 0 Å². The van der Waals surface area contributed by atoms with E-state index in [9.17, 15) is 15.0 Å². The van der Waals surface area contributed by atoms with Gasteiger partial charge in [0.05, 0.1) is 12.7 Å². The number of aliphatic hydroxyl groups excluding tert-OH is 2. The Bertz CT molecular complexity index is 1100. The number of nitrogen functional groups attached to an aromatic ring is 1. The summed E-state index contributed by atoms with van der Waals surface area (Å²) in [5.74, 6) is 6.11. The van der Waals surface area contributed by atoms with Gasteiger partial charge < -0.3 is 20.7 Å². The molecule has 1 unspecified atom stereocenters. The van der Waals surface area contributed by atoms with Gasteiger partial charge in [0.25, 0.3) is 5.56 Å². The van der Waals surface area contributed by atoms with Gasteiger partial charge in [-0.05, 0) is 18.1 Å². The summed E-state index contributed by atoms with van der Waals surface area (Å²) in [7, 11) is 0. The molecule has 3 atom stereocenters. The molecule has 1 saturated heterocycles. The van der Waals surface area contributed by atoms with Crippen LogP contribution in [0.15, 0.2) is 35.1 Å². The Morgan fingerprint density at radius 1 is 1.30 bits per heavy atom. The van der Waals surface area contributed by atoms with Crippen LogP contribution in [0.4, 0.5) is 5.95 Å². The van der Waals surface area contributed by atoms with E-state index in [0.29, 0.717) is 0 Å². The number of imidazole rings is 1. The predicted octanol–water partition coefficient (Wildman–Crippen LogP) is -0.258. The average molecular weight is 367 g/mol. The van der Waals surface area contributed by atoms with Crippen LogP contribution in [-0.2, 0) is 4.74 Å². The highest BCUT2D eigenvalue weighted by atomic mass is 16.5. The van der Waals surface area contributed by atoms with Gasteiger partial charge in [0.15, 0.2) is 17.0 Å². The van der Waals surface area contributed by atoms with Crippen LogP contribution < -0.4 is 11.3 Å². The van der Waals surface area contributed by atoms with E-state index in [-0.39, 0.29) is 36.0 Å². The zero-order valence-electron chi connectivity index (χ0n) is 14.2. The summed E-state index contributed by atoms with van der Waals surface area (Å²) in [6.07, 6.45) is -2.07. The van der Waals surface area contributed by atoms with Gasteiger partial charge in [-0.2, -0.15) is 4.98 Å². The van der Waals surface area contributed by atoms with Gasteiger partial charge in [0.1, 0.15) is 12.3 Å². The van der Waals surface area contributed by atoms with Crippen molar-refractivity contribution < 1.29 is 14.9 Å². The van der Waals surface area contributed by atoms with Crippen molar-refractivity contribution in [1.82, 2.24) is 19.5 Å². The molecule has 0 aliphatic carbocycles. The number of aromatic nitrogens is 4. The molecule has 9 heteroatoms. The summed E-state index contributed by atoms with van der Waals surface area (Å²) in [6.45, 7) is -0.328. The van der Waals surface area contributed by atoms with Crippen LogP contribution in [0.25, 0.3) is 11.2 Å². The molecule has 0 bridgehead atoms. The van der Waals surface area contributed by atoms with E-state index >= 15 is 0 Å². The molecule has 0 saturated carbocycles. The van der Waals surface area contributed by atoms with Crippen molar-refractivity contribution >= 4 is 17.1 Å². The first-order valence-corrected chi connectivity index (χ1v) is 8.36. The summed E-state index contributed by atoms with van der Waals surface area (Å²) in [5.41, 5.74) is 6.25. The number of nitrogens with zero attached hydrogens (tertiary/aromatic N) is 3. The summed E-state index contributed by atoms with van der Waals surface area (Å²) >= 11 is 0. The standard InChI is InChI=1S/C18H17N5O4/c19-18-21-16-15(17(26)22-18)20-13(7-6-10-4-2-1-3-5-10)23(16)14-8-11(25)12(9-24)27-14/h1-5,11-12,14,24-25H,8-9H2,(H3,19,21,22,26)/t11?,12-,14-/m1/s1. The average Bonchev–Trinajstić information content (AvgIpc) is 3.20. The number of hydrogen-bond donors (Lipinski definition) is 4. The number of nitrogens with two attached hydrogens (primary N) is 1. The van der Waals surface area contributed by atoms with Crippen LogP contribution in [0.1, 0.15) is 24.0 Å². The molecule has 4 rings (SSSR count). The number of H-pyrrole nitrogens is 1. The fraction of sp³-hybridized carbons (Fsp3) is 0.278. The lowest BCUT2D eigenvalue weighted by Crippen LogP contribution is -2.24. The fourth-order valence-corrected chi connectivity index (χ4v) is 3.05. The minimum atomic E-state index is -0.855. The van der Waals surface area contributed by atoms with Gasteiger partial charge >= 0.3 is 0 Å². The molecule has 3 heterocycles. The van der Waals surface area contributed by atoms with Crippen LogP contribution in [0, 0.1) is 11.8 Å². The number of rotatable bonds is 2. The van der Waals surface area contributed by atoms with Crippen LogP contribution >= 0.6 is 0 Å². The summed E-state index contributed by atoms with van der Waals surface area (Å²) in [5, 5.41) is 19.4. The molecule has 1 fully saturated rings. The third kappa shape index (κ3) is 3.17. The van der Waals surface area contributed by atoms with Gasteiger partial charge in [-0.1, -0.05) is 24.1 Å². The lowest BCUT2D eigenvalue weighted by molar-refractivity contribution is -0.0434. The molecule has 2 aromatic heterocycles. The topological polar surface area (TPSA) is 139 Å². The minimum Gasteiger partial charge on any atom is -0.394 e. The van der Waals surface area contributed by atoms with E-state index in [1.807, 2.05) is 30.3 Å². The molecule has 138 valence electrons. The molecule has 1 aliphatic heterocycles. The molecule has 5 N–H and O–H groups in total. The van der Waals surface area contributed by atoms with Crippen molar-refractivity contribution in [2.24, 2.45) is 0 Å². The van der Waals surface area contributed by atoms with Crippen LogP contribution in [0.3, 0.4) is 0 Å². The number of aromatic amines is 1. The van der Waals surface area contributed by atoms with Crippen molar-refractivity contribution in [3.8, 4) is 11.8 Å². The monoisotopic (exact) mass is 367 g/mol. The van der Waals surface area contributed by atoms with Gasteiger partial charge in [0.2, 0.25) is 5.95 Å². The molecule has 3 aromatic rings. The lowest BCUT2D eigenvalue weighted by atomic mass is 10.2. The number of anilines is 1. The number of benzene rings is 1. The maximum absolute atomic E-state index is 12.2. The maximum atomic E-state index is 12.2. The molecular formula is C18H17N5O4. The number of nitrogens with one attached hydrogen (secondary N) is 1. The van der Waals surface area contributed by atoms with E-state index in [2.05, 4.69) is 26.8 Å². The maximum Gasteiger partial charge on any atom is 0.280 e. The first-order chi connectivity index (χ1) is 13.1. The van der Waals surface area contributed by atoms with Crippen molar-refractivity contribution in [3.05, 3.63) is 52.1 Å². The largest absolute Gasteiger partial charge is 0.394 e. The minimum absolute atomic E-state index is 0.0616. The van der Waals surface area contributed by atoms with E-state index in [1.165, 1.54) is 4.57 Å². The highest BCUT2D eigenvalue weighted by Gasteiger charge is 2.36. The second-order valence-electron chi connectivity index (χ2n) is 6.16. The zero-order valence-corrected chi connectivity index (χ0v) is 14.2. The van der Waals surface area contributed by atoms with Crippen LogP contribution in [0.5, 0.6) is 0 Å². The molecule has 27 heavy (non-hydrogen) atoms. The smallest absolute Gasteiger partial charge is 0.280 e. The second-order valence-corrected chi connectivity index (χ2v) is 6.16. The predicted molar refractivity (Wildman–Crippen MR) is 96.6 cm³/mol. The second kappa shape index (κ2) is 6.85. The van der Waals surface area contributed by atoms with Crippen molar-refractivity contribution in [2.45, 2.75) is 24.9 Å². The Balaban J connectivity index is 1.87. The number of fused-ring (bicyclic) bond motifs is 1. The van der Waals surface area contributed by atoms with Gasteiger partial charge in [-0.25, -0.2) is 4.98 Å². The van der Waals surface area contributed by atoms with E-state index in [4.69, 9.17) is 10.5 Å². The molecule has 0 amide bonds. The van der Waals surface area contributed by atoms with E-state index < -0.39 is 24.0 Å². The Kier molecular flexibility index (Phi) is 4.37. The Morgan fingerprint density at radius 2 is 2.07 bits per heavy atom. The third-order valence-electron chi connectivity index (χ3n) is 4.33. The summed E-state index contributed by atoms with van der Waals surface area (Å²) in [6, 6.07) is 9.31. The molecule has 1 aliphatic rings. The number of ether oxygens (including phenoxy) is 1. The highest BCUT2D eigenvalue weighted by molar-refractivity contribution is 5.72. The molecule has 9 nitrogen and oxygen atoms in total. The number of aliphatic hydroxyl groups is 2. The molecular weight excluding hydrogens is 350 g/mol. The molecule has 0 spiro atoms. The number of hydrogen-bond acceptors (Lipinski definition) is 7. The molecule has 0 radical (unpaired) electrons. The van der Waals surface area contributed by atoms with Gasteiger partial charge in [0, 0.05) is 12.0 Å². The Labute approximate surface area is 153 Å². The Hall–Kier alpha value is -3.19. The highest BCUT2D eigenvalue weighted by Crippen LogP contribution is 2.31. The van der Waals surface area contributed by atoms with Crippen LogP contribution in [0.2, 0.25) is 0 Å². The zero-order chi connectivity index (χ0) is 19.0. The van der Waals surface area contributed by atoms with Gasteiger partial charge in [-0.3, -0.25) is 14.3 Å². The normalized spacial score (nSPS) is 21.9. The third-order valence-corrected chi connectivity index (χ3v) is 4.33. The first kappa shape index (κ1) is 17.2. The van der Waals surface area contributed by atoms with Crippen molar-refractivity contribution in [2.75, 3.05) is 12.3 Å². The Morgan fingerprint density at radius 3 is 2.78 bits per heavy atom. The van der Waals surface area contributed by atoms with E-state index in [1.54, 1.807) is 0 Å². The quantitative estimate of drug-likeness (QED) is 0.458. The fourth-order valence-electron chi connectivity index (χ4n) is 3.05. The summed E-state index contributed by atoms with van der Waals surface area (Å²) in [4.78, 5) is 23.1. The van der Waals surface area contributed by atoms with Gasteiger partial charge in [-0.15, -0.1) is 0 Å². The lowest BCUT2D eigenvalue weighted by Gasteiger charge is -2.14. The van der Waals surface area contributed by atoms with Crippen molar-refractivity contribution in [1.29, 1.82) is 0 Å². The van der Waals surface area contributed by atoms with Crippen LogP contribution in [-0.4, -0.2) is 48.5 Å². The summed E-state index contributed by atoms with van der Waals surface area (Å²) < 4.78 is 7.25. The van der Waals surface area contributed by atoms with E-state index in [0.717, 1.165) is 5.56 Å². The SMILES string of the molecule is Nc1nc2c(nc(C#Cc3ccccc3)n2[C@H]2CC(O)[C@@H](CO)O2)c(=O)[nH]1. The molecule has 1 aromatic carbocycles.